The van der Waals surface area contributed by atoms with Crippen molar-refractivity contribution in [2.24, 2.45) is 5.11 Å². The summed E-state index contributed by atoms with van der Waals surface area (Å²) >= 11 is 0. The maximum absolute atomic E-state index is 12.1. The number of hydrogen-bond donors (Lipinski definition) is 0. The normalized spacial score (nSPS) is 22.7. The average molecular weight is 284 g/mol. The van der Waals surface area contributed by atoms with Crippen LogP contribution in [0.15, 0.2) is 5.11 Å². The number of esters is 1. The van der Waals surface area contributed by atoms with E-state index in [1.54, 1.807) is 20.8 Å². The summed E-state index contributed by atoms with van der Waals surface area (Å²) < 4.78 is 9.98. The maximum atomic E-state index is 12.1. The van der Waals surface area contributed by atoms with Crippen molar-refractivity contribution in [2.45, 2.75) is 51.3 Å². The number of likely N-dealkylation sites (tertiary alicyclic amines) is 1. The van der Waals surface area contributed by atoms with Crippen LogP contribution in [0.5, 0.6) is 0 Å². The van der Waals surface area contributed by atoms with Crippen molar-refractivity contribution < 1.29 is 19.1 Å². The Hall–Kier alpha value is -1.95. The van der Waals surface area contributed by atoms with Crippen molar-refractivity contribution in [3.8, 4) is 0 Å². The van der Waals surface area contributed by atoms with Crippen molar-refractivity contribution in [1.82, 2.24) is 4.90 Å². The monoisotopic (exact) mass is 284 g/mol. The van der Waals surface area contributed by atoms with Gasteiger partial charge in [0.05, 0.1) is 7.11 Å². The van der Waals surface area contributed by atoms with Crippen LogP contribution in [0.1, 0.15) is 33.6 Å². The van der Waals surface area contributed by atoms with Gasteiger partial charge in [0.1, 0.15) is 11.6 Å². The van der Waals surface area contributed by atoms with Crippen molar-refractivity contribution >= 4 is 12.1 Å². The zero-order chi connectivity index (χ0) is 15.3. The number of carbonyl (C=O) groups excluding carboxylic acids is 2. The molecule has 0 saturated carbocycles. The standard InChI is InChI=1S/C12H20N4O4/c1-12(2,3)20-11(18)16-6-5-8(14-15-13)7-9(16)10(17)19-4/h8-9H,5-7H2,1-4H3/t8-,9+/m1/s1. The first-order chi connectivity index (χ1) is 9.28. The number of amides is 1. The van der Waals surface area contributed by atoms with Gasteiger partial charge in [-0.25, -0.2) is 9.59 Å². The fourth-order valence-electron chi connectivity index (χ4n) is 2.02. The second kappa shape index (κ2) is 6.47. The molecular formula is C12H20N4O4. The molecule has 8 heteroatoms. The lowest BCUT2D eigenvalue weighted by Gasteiger charge is -2.37. The molecule has 0 aromatic carbocycles. The summed E-state index contributed by atoms with van der Waals surface area (Å²) in [6.07, 6.45) is 0.180. The summed E-state index contributed by atoms with van der Waals surface area (Å²) in [7, 11) is 1.26. The van der Waals surface area contributed by atoms with E-state index >= 15 is 0 Å². The largest absolute Gasteiger partial charge is 0.467 e. The van der Waals surface area contributed by atoms with Crippen LogP contribution in [0.25, 0.3) is 10.4 Å². The molecule has 0 N–H and O–H groups in total. The number of nitrogens with zero attached hydrogens (tertiary/aromatic N) is 4. The van der Waals surface area contributed by atoms with Crippen LogP contribution in [0.2, 0.25) is 0 Å². The highest BCUT2D eigenvalue weighted by Crippen LogP contribution is 2.23. The molecule has 0 aliphatic carbocycles. The van der Waals surface area contributed by atoms with Crippen LogP contribution < -0.4 is 0 Å². The van der Waals surface area contributed by atoms with Gasteiger partial charge in [0.25, 0.3) is 0 Å². The van der Waals surface area contributed by atoms with Crippen molar-refractivity contribution in [3.05, 3.63) is 10.4 Å². The molecule has 1 amide bonds. The van der Waals surface area contributed by atoms with E-state index < -0.39 is 23.7 Å². The Balaban J connectivity index is 2.85. The first kappa shape index (κ1) is 16.1. The zero-order valence-corrected chi connectivity index (χ0v) is 12.2. The predicted octanol–water partition coefficient (Wildman–Crippen LogP) is 2.24. The predicted molar refractivity (Wildman–Crippen MR) is 70.9 cm³/mol. The van der Waals surface area contributed by atoms with Gasteiger partial charge >= 0.3 is 12.1 Å². The zero-order valence-electron chi connectivity index (χ0n) is 12.2. The SMILES string of the molecule is COC(=O)[C@@H]1C[C@H](N=[N+]=[N-])CCN1C(=O)OC(C)(C)C. The first-order valence-electron chi connectivity index (χ1n) is 6.40. The number of piperidine rings is 1. The number of ether oxygens (including phenoxy) is 2. The molecule has 20 heavy (non-hydrogen) atoms. The van der Waals surface area contributed by atoms with Gasteiger partial charge in [-0.15, -0.1) is 0 Å². The van der Waals surface area contributed by atoms with E-state index in [0.717, 1.165) is 0 Å². The van der Waals surface area contributed by atoms with Gasteiger partial charge in [-0.1, -0.05) is 5.11 Å². The summed E-state index contributed by atoms with van der Waals surface area (Å²) in [5.41, 5.74) is 7.83. The molecule has 0 aromatic rings. The van der Waals surface area contributed by atoms with E-state index in [1.807, 2.05) is 0 Å². The van der Waals surface area contributed by atoms with Crippen molar-refractivity contribution in [3.63, 3.8) is 0 Å². The molecule has 0 unspecified atom stereocenters. The summed E-state index contributed by atoms with van der Waals surface area (Å²) in [6.45, 7) is 5.55. The van der Waals surface area contributed by atoms with Crippen molar-refractivity contribution in [1.29, 1.82) is 0 Å². The molecule has 0 aromatic heterocycles. The third kappa shape index (κ3) is 4.31. The molecule has 2 atom stereocenters. The molecule has 1 fully saturated rings. The van der Waals surface area contributed by atoms with Crippen LogP contribution in [-0.2, 0) is 14.3 Å². The number of rotatable bonds is 2. The minimum Gasteiger partial charge on any atom is -0.467 e. The van der Waals surface area contributed by atoms with Gasteiger partial charge < -0.3 is 9.47 Å². The Labute approximate surface area is 117 Å². The van der Waals surface area contributed by atoms with E-state index in [9.17, 15) is 9.59 Å². The summed E-state index contributed by atoms with van der Waals surface area (Å²) in [5, 5.41) is 3.61. The Morgan fingerprint density at radius 2 is 2.05 bits per heavy atom. The van der Waals surface area contributed by atoms with Crippen LogP contribution in [0, 0.1) is 0 Å². The number of methoxy groups -OCH3 is 1. The molecule has 112 valence electrons. The summed E-state index contributed by atoms with van der Waals surface area (Å²) in [4.78, 5) is 28.0. The molecule has 0 radical (unpaired) electrons. The fourth-order valence-corrected chi connectivity index (χ4v) is 2.02. The minimum absolute atomic E-state index is 0.246. The number of carbonyl (C=O) groups is 2. The van der Waals surface area contributed by atoms with E-state index in [1.165, 1.54) is 12.0 Å². The molecule has 8 nitrogen and oxygen atoms in total. The van der Waals surface area contributed by atoms with Gasteiger partial charge in [-0.3, -0.25) is 4.90 Å². The Bertz CT molecular complexity index is 426. The fraction of sp³-hybridized carbons (Fsp3) is 0.833. The topological polar surface area (TPSA) is 105 Å². The second-order valence-corrected chi connectivity index (χ2v) is 5.60. The van der Waals surface area contributed by atoms with Crippen molar-refractivity contribution in [2.75, 3.05) is 13.7 Å². The Kier molecular flexibility index (Phi) is 5.21. The van der Waals surface area contributed by atoms with Crippen LogP contribution in [-0.4, -0.2) is 48.3 Å². The quantitative estimate of drug-likeness (QED) is 0.335. The Morgan fingerprint density at radius 3 is 2.55 bits per heavy atom. The third-order valence-electron chi connectivity index (χ3n) is 2.89. The van der Waals surface area contributed by atoms with Crippen LogP contribution >= 0.6 is 0 Å². The van der Waals surface area contributed by atoms with Crippen LogP contribution in [0.4, 0.5) is 4.79 Å². The van der Waals surface area contributed by atoms with Gasteiger partial charge in [-0.2, -0.15) is 0 Å². The molecule has 1 saturated heterocycles. The smallest absolute Gasteiger partial charge is 0.411 e. The lowest BCUT2D eigenvalue weighted by atomic mass is 9.98. The molecular weight excluding hydrogens is 264 g/mol. The van der Waals surface area contributed by atoms with E-state index in [0.29, 0.717) is 13.0 Å². The summed E-state index contributed by atoms with van der Waals surface area (Å²) in [6, 6.07) is -1.10. The average Bonchev–Trinajstić information content (AvgIpc) is 2.36. The van der Waals surface area contributed by atoms with Gasteiger partial charge in [0.2, 0.25) is 0 Å². The van der Waals surface area contributed by atoms with Crippen LogP contribution in [0.3, 0.4) is 0 Å². The molecule has 1 rings (SSSR count). The lowest BCUT2D eigenvalue weighted by Crippen LogP contribution is -2.52. The molecule has 0 spiro atoms. The second-order valence-electron chi connectivity index (χ2n) is 5.60. The van der Waals surface area contributed by atoms with E-state index in [-0.39, 0.29) is 12.5 Å². The maximum Gasteiger partial charge on any atom is 0.411 e. The third-order valence-corrected chi connectivity index (χ3v) is 2.89. The molecule has 1 heterocycles. The summed E-state index contributed by atoms with van der Waals surface area (Å²) in [5.74, 6) is -0.534. The highest BCUT2D eigenvalue weighted by atomic mass is 16.6. The number of hydrogen-bond acceptors (Lipinski definition) is 5. The number of azide groups is 1. The Morgan fingerprint density at radius 1 is 1.40 bits per heavy atom. The minimum atomic E-state index is -0.779. The highest BCUT2D eigenvalue weighted by Gasteiger charge is 2.38. The molecule has 1 aliphatic heterocycles. The molecule has 1 aliphatic rings. The van der Waals surface area contributed by atoms with E-state index in [4.69, 9.17) is 15.0 Å². The van der Waals surface area contributed by atoms with Gasteiger partial charge in [-0.05, 0) is 39.1 Å². The van der Waals surface area contributed by atoms with Gasteiger partial charge in [0, 0.05) is 17.5 Å². The highest BCUT2D eigenvalue weighted by molar-refractivity contribution is 5.81. The molecule has 0 bridgehead atoms. The van der Waals surface area contributed by atoms with Gasteiger partial charge in [0.15, 0.2) is 0 Å². The van der Waals surface area contributed by atoms with E-state index in [2.05, 4.69) is 10.0 Å². The first-order valence-corrected chi connectivity index (χ1v) is 6.40. The lowest BCUT2D eigenvalue weighted by molar-refractivity contribution is -0.148.